The molecule has 2 aromatic carbocycles. The summed E-state index contributed by atoms with van der Waals surface area (Å²) in [6.07, 6.45) is -0.428. The summed E-state index contributed by atoms with van der Waals surface area (Å²) < 4.78 is 11.2. The van der Waals surface area contributed by atoms with Gasteiger partial charge < -0.3 is 19.5 Å². The van der Waals surface area contributed by atoms with Gasteiger partial charge >= 0.3 is 0 Å². The van der Waals surface area contributed by atoms with Crippen molar-refractivity contribution >= 4 is 17.5 Å². The zero-order valence-electron chi connectivity index (χ0n) is 14.2. The van der Waals surface area contributed by atoms with E-state index in [1.54, 1.807) is 11.0 Å². The van der Waals surface area contributed by atoms with Gasteiger partial charge in [0.1, 0.15) is 18.0 Å². The van der Waals surface area contributed by atoms with E-state index < -0.39 is 6.10 Å². The Morgan fingerprint density at radius 2 is 2.04 bits per heavy atom. The maximum absolute atomic E-state index is 12.9. The zero-order valence-corrected chi connectivity index (χ0v) is 15.0. The number of benzene rings is 2. The maximum Gasteiger partial charge on any atom is 0.258 e. The number of halogens is 1. The zero-order chi connectivity index (χ0) is 18.1. The summed E-state index contributed by atoms with van der Waals surface area (Å²) in [4.78, 5) is 14.7. The third kappa shape index (κ3) is 3.43. The molecular weight excluding hydrogens is 354 g/mol. The number of rotatable bonds is 4. The van der Waals surface area contributed by atoms with Crippen LogP contribution in [0.1, 0.15) is 27.9 Å². The molecule has 1 N–H and O–H groups in total. The molecule has 4 rings (SSSR count). The van der Waals surface area contributed by atoms with E-state index in [1.165, 1.54) is 0 Å². The Bertz CT molecular complexity index is 808. The largest absolute Gasteiger partial charge is 0.487 e. The quantitative estimate of drug-likeness (QED) is 0.895. The van der Waals surface area contributed by atoms with E-state index >= 15 is 0 Å². The second-order valence-corrected chi connectivity index (χ2v) is 7.10. The van der Waals surface area contributed by atoms with Crippen molar-refractivity contribution in [1.29, 1.82) is 0 Å². The summed E-state index contributed by atoms with van der Waals surface area (Å²) in [5.41, 5.74) is 2.57. The van der Waals surface area contributed by atoms with E-state index in [1.807, 2.05) is 36.4 Å². The number of amides is 1. The number of nitrogens with zero attached hydrogens (tertiary/aromatic N) is 1. The Kier molecular flexibility index (Phi) is 4.85. The normalized spacial score (nSPS) is 22.4. The van der Waals surface area contributed by atoms with Crippen LogP contribution in [0.25, 0.3) is 0 Å². The van der Waals surface area contributed by atoms with Crippen molar-refractivity contribution in [1.82, 2.24) is 4.90 Å². The van der Waals surface area contributed by atoms with Crippen LogP contribution in [0.5, 0.6) is 5.75 Å². The second-order valence-electron chi connectivity index (χ2n) is 6.67. The number of carbonyl (C=O) groups is 1. The Hall–Kier alpha value is -2.08. The molecule has 1 fully saturated rings. The van der Waals surface area contributed by atoms with Crippen LogP contribution in [0.2, 0.25) is 5.02 Å². The molecule has 136 valence electrons. The highest BCUT2D eigenvalue weighted by atomic mass is 35.5. The van der Waals surface area contributed by atoms with Crippen LogP contribution >= 0.6 is 11.6 Å². The fraction of sp³-hybridized carbons (Fsp3) is 0.350. The van der Waals surface area contributed by atoms with Crippen LogP contribution in [-0.4, -0.2) is 41.3 Å². The first-order chi connectivity index (χ1) is 12.6. The summed E-state index contributed by atoms with van der Waals surface area (Å²) in [7, 11) is 0. The van der Waals surface area contributed by atoms with E-state index in [9.17, 15) is 9.90 Å². The fourth-order valence-corrected chi connectivity index (χ4v) is 3.55. The van der Waals surface area contributed by atoms with Crippen LogP contribution in [0.4, 0.5) is 0 Å². The summed E-state index contributed by atoms with van der Waals surface area (Å²) in [5, 5.41) is 10.7. The third-order valence-corrected chi connectivity index (χ3v) is 5.06. The van der Waals surface area contributed by atoms with Crippen molar-refractivity contribution in [2.24, 2.45) is 0 Å². The molecule has 1 amide bonds. The molecule has 0 saturated carbocycles. The average Bonchev–Trinajstić information content (AvgIpc) is 2.96. The standard InChI is InChI=1S/C20H20ClNO4/c21-15-6-4-13(5-7-15)10-22-11-14-2-1-3-18(19(14)20(22)24)26-17-8-9-25-12-16(17)23/h1-7,16-17,23H,8-12H2/t16-,17-/m1/s1. The van der Waals surface area contributed by atoms with Crippen LogP contribution in [0.3, 0.4) is 0 Å². The van der Waals surface area contributed by atoms with Gasteiger partial charge in [-0.3, -0.25) is 4.79 Å². The number of ether oxygens (including phenoxy) is 2. The first-order valence-electron chi connectivity index (χ1n) is 8.70. The van der Waals surface area contributed by atoms with E-state index in [2.05, 4.69) is 0 Å². The molecule has 2 aromatic rings. The number of fused-ring (bicyclic) bond motifs is 1. The minimum Gasteiger partial charge on any atom is -0.487 e. The highest BCUT2D eigenvalue weighted by Crippen LogP contribution is 2.33. The van der Waals surface area contributed by atoms with E-state index in [0.29, 0.717) is 42.5 Å². The molecule has 6 heteroatoms. The lowest BCUT2D eigenvalue weighted by atomic mass is 10.1. The molecule has 26 heavy (non-hydrogen) atoms. The van der Waals surface area contributed by atoms with Crippen molar-refractivity contribution in [2.75, 3.05) is 13.2 Å². The molecule has 2 aliphatic rings. The van der Waals surface area contributed by atoms with Crippen LogP contribution < -0.4 is 4.74 Å². The molecule has 2 heterocycles. The van der Waals surface area contributed by atoms with Crippen molar-refractivity contribution in [3.05, 3.63) is 64.2 Å². The van der Waals surface area contributed by atoms with Gasteiger partial charge in [0.25, 0.3) is 5.91 Å². The smallest absolute Gasteiger partial charge is 0.258 e. The highest BCUT2D eigenvalue weighted by Gasteiger charge is 2.33. The number of aliphatic hydroxyl groups is 1. The van der Waals surface area contributed by atoms with Crippen LogP contribution in [0, 0.1) is 0 Å². The van der Waals surface area contributed by atoms with Gasteiger partial charge in [-0.25, -0.2) is 0 Å². The Morgan fingerprint density at radius 3 is 2.81 bits per heavy atom. The SMILES string of the molecule is O=C1c2c(cccc2O[C@@H]2CCOC[C@H]2O)CN1Cc1ccc(Cl)cc1. The van der Waals surface area contributed by atoms with Crippen LogP contribution in [-0.2, 0) is 17.8 Å². The van der Waals surface area contributed by atoms with Crippen molar-refractivity contribution in [3.63, 3.8) is 0 Å². The van der Waals surface area contributed by atoms with Gasteiger partial charge in [-0.05, 0) is 29.3 Å². The van der Waals surface area contributed by atoms with Gasteiger partial charge in [-0.2, -0.15) is 0 Å². The Labute approximate surface area is 157 Å². The van der Waals surface area contributed by atoms with E-state index in [-0.39, 0.29) is 18.6 Å². The summed E-state index contributed by atoms with van der Waals surface area (Å²) in [6.45, 7) is 1.87. The van der Waals surface area contributed by atoms with Gasteiger partial charge in [0.2, 0.25) is 0 Å². The van der Waals surface area contributed by atoms with Gasteiger partial charge in [0.05, 0.1) is 18.8 Å². The molecular formula is C20H20ClNO4. The lowest BCUT2D eigenvalue weighted by Gasteiger charge is -2.28. The molecule has 5 nitrogen and oxygen atoms in total. The third-order valence-electron chi connectivity index (χ3n) is 4.80. The van der Waals surface area contributed by atoms with Crippen LogP contribution in [0.15, 0.2) is 42.5 Å². The first kappa shape index (κ1) is 17.3. The molecule has 2 atom stereocenters. The van der Waals surface area contributed by atoms with Gasteiger partial charge in [0.15, 0.2) is 0 Å². The first-order valence-corrected chi connectivity index (χ1v) is 9.07. The van der Waals surface area contributed by atoms with E-state index in [0.717, 1.165) is 11.1 Å². The van der Waals surface area contributed by atoms with Gasteiger partial charge in [0, 0.05) is 24.5 Å². The Morgan fingerprint density at radius 1 is 1.23 bits per heavy atom. The van der Waals surface area contributed by atoms with Gasteiger partial charge in [-0.1, -0.05) is 35.9 Å². The summed E-state index contributed by atoms with van der Waals surface area (Å²) in [5.74, 6) is 0.490. The fourth-order valence-electron chi connectivity index (χ4n) is 3.43. The second kappa shape index (κ2) is 7.27. The summed E-state index contributed by atoms with van der Waals surface area (Å²) in [6, 6.07) is 13.1. The number of hydrogen-bond donors (Lipinski definition) is 1. The topological polar surface area (TPSA) is 59.0 Å². The minimum atomic E-state index is -0.679. The molecule has 1 saturated heterocycles. The number of hydrogen-bond acceptors (Lipinski definition) is 4. The van der Waals surface area contributed by atoms with E-state index in [4.69, 9.17) is 21.1 Å². The molecule has 0 aromatic heterocycles. The predicted molar refractivity (Wildman–Crippen MR) is 97.3 cm³/mol. The maximum atomic E-state index is 12.9. The number of carbonyl (C=O) groups excluding carboxylic acids is 1. The molecule has 0 aliphatic carbocycles. The monoisotopic (exact) mass is 373 g/mol. The lowest BCUT2D eigenvalue weighted by Crippen LogP contribution is -2.40. The molecule has 0 bridgehead atoms. The molecule has 0 radical (unpaired) electrons. The molecule has 2 aliphatic heterocycles. The predicted octanol–water partition coefficient (Wildman–Crippen LogP) is 3.02. The molecule has 0 spiro atoms. The average molecular weight is 374 g/mol. The lowest BCUT2D eigenvalue weighted by molar-refractivity contribution is -0.0752. The van der Waals surface area contributed by atoms with Crippen molar-refractivity contribution in [2.45, 2.75) is 31.7 Å². The summed E-state index contributed by atoms with van der Waals surface area (Å²) >= 11 is 5.93. The minimum absolute atomic E-state index is 0.0490. The van der Waals surface area contributed by atoms with Gasteiger partial charge in [-0.15, -0.1) is 0 Å². The number of aliphatic hydroxyl groups excluding tert-OH is 1. The highest BCUT2D eigenvalue weighted by molar-refractivity contribution is 6.30. The Balaban J connectivity index is 1.53. The molecule has 0 unspecified atom stereocenters. The van der Waals surface area contributed by atoms with Crippen molar-refractivity contribution < 1.29 is 19.4 Å². The van der Waals surface area contributed by atoms with Crippen molar-refractivity contribution in [3.8, 4) is 5.75 Å².